The molecule has 2 aromatic rings. The zero-order valence-corrected chi connectivity index (χ0v) is 24.1. The maximum atomic E-state index is 2.54. The molecule has 1 aliphatic heterocycles. The Bertz CT molecular complexity index is 911. The molecule has 0 saturated heterocycles. The molecule has 3 rings (SSSR count). The van der Waals surface area contributed by atoms with Crippen LogP contribution in [0.3, 0.4) is 0 Å². The summed E-state index contributed by atoms with van der Waals surface area (Å²) in [5, 5.41) is 0.694. The number of allylic oxidation sites excluding steroid dienone is 1. The molecule has 0 nitrogen and oxygen atoms in total. The molecule has 0 amide bonds. The maximum absolute atomic E-state index is 2.54. The van der Waals surface area contributed by atoms with E-state index in [0.29, 0.717) is 10.7 Å². The zero-order chi connectivity index (χ0) is 23.5. The number of hydrogen-bond donors (Lipinski definition) is 0. The van der Waals surface area contributed by atoms with Crippen molar-refractivity contribution in [2.45, 2.75) is 117 Å². The van der Waals surface area contributed by atoms with E-state index < -0.39 is 0 Å². The summed E-state index contributed by atoms with van der Waals surface area (Å²) >= 11 is 6.20. The van der Waals surface area contributed by atoms with Crippen molar-refractivity contribution in [3.05, 3.63) is 39.1 Å². The van der Waals surface area contributed by atoms with E-state index >= 15 is 0 Å². The molecule has 2 aromatic heterocycles. The molecule has 3 heterocycles. The quantitative estimate of drug-likeness (QED) is 0.316. The van der Waals surface area contributed by atoms with Gasteiger partial charge in [-0.2, -0.15) is 0 Å². The van der Waals surface area contributed by atoms with E-state index in [4.69, 9.17) is 0 Å². The summed E-state index contributed by atoms with van der Waals surface area (Å²) in [6.07, 6.45) is 13.2. The highest BCUT2D eigenvalue weighted by atomic mass is 32.2. The average molecular weight is 489 g/mol. The zero-order valence-electron chi connectivity index (χ0n) is 21.7. The fraction of sp³-hybridized carbons (Fsp3) is 0.655. The molecule has 0 aliphatic carbocycles. The number of thiophene rings is 2. The van der Waals surface area contributed by atoms with Crippen LogP contribution < -0.4 is 0 Å². The lowest BCUT2D eigenvalue weighted by Gasteiger charge is -2.26. The minimum absolute atomic E-state index is 0.224. The van der Waals surface area contributed by atoms with E-state index in [2.05, 4.69) is 96.7 Å². The summed E-state index contributed by atoms with van der Waals surface area (Å²) in [6.45, 7) is 18.8. The predicted octanol–water partition coefficient (Wildman–Crippen LogP) is 10.9. The number of thioether (sulfide) groups is 1. The first-order valence-electron chi connectivity index (χ1n) is 12.6. The first-order chi connectivity index (χ1) is 15.0. The Morgan fingerprint density at radius 1 is 0.875 bits per heavy atom. The van der Waals surface area contributed by atoms with E-state index in [1.807, 2.05) is 11.3 Å². The van der Waals surface area contributed by atoms with Crippen LogP contribution in [0, 0.1) is 12.3 Å². The molecule has 0 fully saturated rings. The molecule has 0 aromatic carbocycles. The van der Waals surface area contributed by atoms with Crippen LogP contribution in [0.4, 0.5) is 0 Å². The lowest BCUT2D eigenvalue weighted by atomic mass is 9.90. The van der Waals surface area contributed by atoms with Crippen molar-refractivity contribution in [2.75, 3.05) is 0 Å². The minimum atomic E-state index is 0.224. The molecular formula is C29H44S3. The molecule has 0 saturated carbocycles. The highest BCUT2D eigenvalue weighted by Gasteiger charge is 2.32. The van der Waals surface area contributed by atoms with Gasteiger partial charge in [0.15, 0.2) is 0 Å². The van der Waals surface area contributed by atoms with Crippen LogP contribution in [0.25, 0.3) is 14.7 Å². The topological polar surface area (TPSA) is 0 Å². The molecule has 1 atom stereocenters. The summed E-state index contributed by atoms with van der Waals surface area (Å²) in [5.41, 5.74) is 3.76. The van der Waals surface area contributed by atoms with E-state index in [0.717, 1.165) is 0 Å². The molecule has 0 spiro atoms. The van der Waals surface area contributed by atoms with Gasteiger partial charge in [0.2, 0.25) is 0 Å². The summed E-state index contributed by atoms with van der Waals surface area (Å²) in [7, 11) is 0. The Hall–Kier alpha value is -0.510. The van der Waals surface area contributed by atoms with Crippen molar-refractivity contribution < 1.29 is 0 Å². The van der Waals surface area contributed by atoms with Crippen LogP contribution in [0.2, 0.25) is 0 Å². The van der Waals surface area contributed by atoms with Gasteiger partial charge in [0.1, 0.15) is 0 Å². The van der Waals surface area contributed by atoms with Gasteiger partial charge in [0.25, 0.3) is 0 Å². The van der Waals surface area contributed by atoms with E-state index in [9.17, 15) is 0 Å². The second-order valence-corrected chi connectivity index (χ2v) is 14.9. The van der Waals surface area contributed by atoms with Crippen LogP contribution in [0.1, 0.15) is 114 Å². The molecule has 0 bridgehead atoms. The standard InChI is InChI=1S/C29H44S3/c1-9-10-11-12-13-14-15-21-20(2)26(22-16-18-24(30-22)28(3,4)5)32-27(21)23-17-19-25(31-23)29(6,7)8/h16-18,25H,9-15,19H2,1-8H3. The Kier molecular flexibility index (Phi) is 8.83. The largest absolute Gasteiger partial charge is 0.139 e. The third kappa shape index (κ3) is 6.33. The van der Waals surface area contributed by atoms with Crippen LogP contribution in [-0.4, -0.2) is 5.25 Å². The smallest absolute Gasteiger partial charge is 0.0481 e. The van der Waals surface area contributed by atoms with Crippen LogP contribution >= 0.6 is 34.4 Å². The van der Waals surface area contributed by atoms with Crippen molar-refractivity contribution in [3.8, 4) is 9.75 Å². The molecule has 1 unspecified atom stereocenters. The Balaban J connectivity index is 1.87. The van der Waals surface area contributed by atoms with Crippen molar-refractivity contribution in [1.29, 1.82) is 0 Å². The Morgan fingerprint density at radius 3 is 2.16 bits per heavy atom. The van der Waals surface area contributed by atoms with Crippen molar-refractivity contribution in [3.63, 3.8) is 0 Å². The Labute approximate surface area is 210 Å². The van der Waals surface area contributed by atoms with Gasteiger partial charge in [-0.1, -0.05) is 86.6 Å². The van der Waals surface area contributed by atoms with Crippen LogP contribution in [0.5, 0.6) is 0 Å². The highest BCUT2D eigenvalue weighted by molar-refractivity contribution is 8.09. The molecule has 0 N–H and O–H groups in total. The first kappa shape index (κ1) is 26.1. The van der Waals surface area contributed by atoms with E-state index in [-0.39, 0.29) is 5.41 Å². The van der Waals surface area contributed by atoms with Gasteiger partial charge in [0.05, 0.1) is 0 Å². The highest BCUT2D eigenvalue weighted by Crippen LogP contribution is 2.52. The van der Waals surface area contributed by atoms with Gasteiger partial charge < -0.3 is 0 Å². The second kappa shape index (κ2) is 10.8. The molecule has 178 valence electrons. The van der Waals surface area contributed by atoms with Gasteiger partial charge in [-0.15, -0.1) is 34.4 Å². The third-order valence-corrected chi connectivity index (χ3v) is 11.6. The average Bonchev–Trinajstić information content (AvgIpc) is 3.42. The minimum Gasteiger partial charge on any atom is -0.139 e. The van der Waals surface area contributed by atoms with E-state index in [1.165, 1.54) is 66.0 Å². The fourth-order valence-corrected chi connectivity index (χ4v) is 8.43. The lowest BCUT2D eigenvalue weighted by molar-refractivity contribution is 0.398. The molecule has 32 heavy (non-hydrogen) atoms. The SMILES string of the molecule is CCCCCCCCc1c(C2=CCC(C(C)(C)C)S2)sc(-c2ccc(C(C)(C)C)s2)c1C. The summed E-state index contributed by atoms with van der Waals surface area (Å²) in [6, 6.07) is 4.72. The second-order valence-electron chi connectivity index (χ2n) is 11.6. The first-order valence-corrected chi connectivity index (χ1v) is 15.1. The van der Waals surface area contributed by atoms with Gasteiger partial charge >= 0.3 is 0 Å². The monoisotopic (exact) mass is 488 g/mol. The van der Waals surface area contributed by atoms with Crippen molar-refractivity contribution >= 4 is 39.3 Å². The summed E-state index contributed by atoms with van der Waals surface area (Å²) in [5.74, 6) is 0. The van der Waals surface area contributed by atoms with Crippen molar-refractivity contribution in [1.82, 2.24) is 0 Å². The number of rotatable bonds is 9. The van der Waals surface area contributed by atoms with Gasteiger partial charge in [0, 0.05) is 29.7 Å². The van der Waals surface area contributed by atoms with Gasteiger partial charge in [-0.25, -0.2) is 0 Å². The van der Waals surface area contributed by atoms with E-state index in [1.54, 1.807) is 20.9 Å². The molecular weight excluding hydrogens is 445 g/mol. The van der Waals surface area contributed by atoms with Gasteiger partial charge in [-0.05, 0) is 60.3 Å². The van der Waals surface area contributed by atoms with Gasteiger partial charge in [-0.3, -0.25) is 0 Å². The predicted molar refractivity (Wildman–Crippen MR) is 152 cm³/mol. The normalized spacial score (nSPS) is 17.2. The molecule has 0 radical (unpaired) electrons. The number of hydrogen-bond acceptors (Lipinski definition) is 3. The lowest BCUT2D eigenvalue weighted by Crippen LogP contribution is -2.20. The van der Waals surface area contributed by atoms with Crippen molar-refractivity contribution in [2.24, 2.45) is 5.41 Å². The molecule has 1 aliphatic rings. The fourth-order valence-electron chi connectivity index (χ4n) is 4.37. The van der Waals surface area contributed by atoms with Crippen LogP contribution in [0.15, 0.2) is 18.2 Å². The Morgan fingerprint density at radius 2 is 1.56 bits per heavy atom. The molecule has 3 heteroatoms. The summed E-state index contributed by atoms with van der Waals surface area (Å²) < 4.78 is 0. The van der Waals surface area contributed by atoms with Crippen LogP contribution in [-0.2, 0) is 11.8 Å². The summed E-state index contributed by atoms with van der Waals surface area (Å²) in [4.78, 5) is 7.60. The number of unbranched alkanes of at least 4 members (excludes halogenated alkanes) is 5. The third-order valence-electron chi connectivity index (χ3n) is 6.60. The maximum Gasteiger partial charge on any atom is 0.0481 e.